The Balaban J connectivity index is 2.01. The van der Waals surface area contributed by atoms with Crippen molar-refractivity contribution in [2.24, 2.45) is 5.41 Å². The molecule has 0 saturated heterocycles. The topological polar surface area (TPSA) is 69.6 Å². The van der Waals surface area contributed by atoms with Gasteiger partial charge in [0.2, 0.25) is 0 Å². The van der Waals surface area contributed by atoms with Crippen LogP contribution in [0.25, 0.3) is 0 Å². The number of carbonyl (C=O) groups excluding carboxylic acids is 1. The van der Waals surface area contributed by atoms with Crippen LogP contribution in [0.3, 0.4) is 0 Å². The lowest BCUT2D eigenvalue weighted by Gasteiger charge is -2.26. The van der Waals surface area contributed by atoms with Crippen molar-refractivity contribution in [3.63, 3.8) is 0 Å². The zero-order valence-electron chi connectivity index (χ0n) is 10.7. The van der Waals surface area contributed by atoms with Crippen molar-refractivity contribution in [1.29, 1.82) is 0 Å². The van der Waals surface area contributed by atoms with Gasteiger partial charge >= 0.3 is 0 Å². The fraction of sp³-hybridized carbons (Fsp3) is 0.500. The normalized spacial score (nSPS) is 17.4. The van der Waals surface area contributed by atoms with Crippen LogP contribution in [0.2, 0.25) is 0 Å². The van der Waals surface area contributed by atoms with E-state index in [-0.39, 0.29) is 23.3 Å². The Bertz CT molecular complexity index is 470. The molecule has 0 spiro atoms. The highest BCUT2D eigenvalue weighted by atomic mass is 19.1. The predicted octanol–water partition coefficient (Wildman–Crippen LogP) is 1.81. The maximum atomic E-state index is 13.5. The molecular formula is C14H18FNO3. The Morgan fingerprint density at radius 3 is 2.63 bits per heavy atom. The molecule has 1 aliphatic rings. The van der Waals surface area contributed by atoms with E-state index in [0.29, 0.717) is 6.54 Å². The highest BCUT2D eigenvalue weighted by Crippen LogP contribution is 2.36. The minimum Gasteiger partial charge on any atom is -0.508 e. The summed E-state index contributed by atoms with van der Waals surface area (Å²) in [5, 5.41) is 21.2. The summed E-state index contributed by atoms with van der Waals surface area (Å²) in [7, 11) is 0. The van der Waals surface area contributed by atoms with Gasteiger partial charge in [-0.05, 0) is 25.0 Å². The second-order valence-electron chi connectivity index (χ2n) is 5.21. The molecule has 2 rings (SSSR count). The summed E-state index contributed by atoms with van der Waals surface area (Å²) in [5.41, 5.74) is -0.354. The number of aliphatic hydroxyl groups is 1. The largest absolute Gasteiger partial charge is 0.508 e. The van der Waals surface area contributed by atoms with E-state index in [0.717, 1.165) is 31.7 Å². The van der Waals surface area contributed by atoms with Crippen LogP contribution in [0.5, 0.6) is 5.75 Å². The van der Waals surface area contributed by atoms with Crippen LogP contribution in [-0.4, -0.2) is 29.3 Å². The molecule has 3 N–H and O–H groups in total. The Morgan fingerprint density at radius 2 is 2.05 bits per heavy atom. The summed E-state index contributed by atoms with van der Waals surface area (Å²) >= 11 is 0. The van der Waals surface area contributed by atoms with Gasteiger partial charge in [-0.1, -0.05) is 12.8 Å². The van der Waals surface area contributed by atoms with Gasteiger partial charge in [-0.2, -0.15) is 0 Å². The molecule has 0 heterocycles. The minimum atomic E-state index is -0.748. The molecule has 4 nitrogen and oxygen atoms in total. The van der Waals surface area contributed by atoms with Crippen LogP contribution in [0.15, 0.2) is 18.2 Å². The molecule has 0 bridgehead atoms. The van der Waals surface area contributed by atoms with Gasteiger partial charge in [0.1, 0.15) is 11.6 Å². The van der Waals surface area contributed by atoms with E-state index in [1.807, 2.05) is 0 Å². The van der Waals surface area contributed by atoms with E-state index in [1.165, 1.54) is 12.1 Å². The number of carbonyl (C=O) groups is 1. The van der Waals surface area contributed by atoms with E-state index >= 15 is 0 Å². The van der Waals surface area contributed by atoms with Gasteiger partial charge in [0, 0.05) is 18.0 Å². The van der Waals surface area contributed by atoms with E-state index in [2.05, 4.69) is 5.32 Å². The third-order valence-electron chi connectivity index (χ3n) is 3.82. The van der Waals surface area contributed by atoms with Crippen molar-refractivity contribution in [3.8, 4) is 5.75 Å². The molecule has 5 heteroatoms. The van der Waals surface area contributed by atoms with Gasteiger partial charge in [0.15, 0.2) is 0 Å². The molecule has 19 heavy (non-hydrogen) atoms. The molecule has 1 aromatic carbocycles. The molecule has 1 aromatic rings. The lowest BCUT2D eigenvalue weighted by Crippen LogP contribution is -2.38. The van der Waals surface area contributed by atoms with Gasteiger partial charge in [-0.3, -0.25) is 4.79 Å². The Morgan fingerprint density at radius 1 is 1.37 bits per heavy atom. The van der Waals surface area contributed by atoms with Crippen LogP contribution in [0.4, 0.5) is 4.39 Å². The third-order valence-corrected chi connectivity index (χ3v) is 3.82. The summed E-state index contributed by atoms with van der Waals surface area (Å²) in [5.74, 6) is -1.48. The summed E-state index contributed by atoms with van der Waals surface area (Å²) in [6.07, 6.45) is 3.84. The van der Waals surface area contributed by atoms with E-state index in [4.69, 9.17) is 5.11 Å². The van der Waals surface area contributed by atoms with Crippen LogP contribution < -0.4 is 5.32 Å². The molecule has 0 atom stereocenters. The number of phenols is 1. The average molecular weight is 267 g/mol. The number of rotatable bonds is 4. The summed E-state index contributed by atoms with van der Waals surface area (Å²) in [6.45, 7) is 0.383. The molecule has 0 radical (unpaired) electrons. The number of phenolic OH excluding ortho intramolecular Hbond substituents is 1. The molecule has 1 saturated carbocycles. The molecule has 1 aliphatic carbocycles. The van der Waals surface area contributed by atoms with E-state index in [9.17, 15) is 14.3 Å². The maximum absolute atomic E-state index is 13.5. The van der Waals surface area contributed by atoms with Crippen molar-refractivity contribution >= 4 is 5.91 Å². The standard InChI is InChI=1S/C14H18FNO3/c15-12-7-10(18)3-4-11(12)13(19)16-8-14(9-17)5-1-2-6-14/h3-4,7,17-18H,1-2,5-6,8-9H2,(H,16,19). The number of nitrogens with one attached hydrogen (secondary N) is 1. The Labute approximate surface area is 111 Å². The fourth-order valence-corrected chi connectivity index (χ4v) is 2.57. The first-order chi connectivity index (χ1) is 9.06. The second kappa shape index (κ2) is 5.57. The molecule has 0 aromatic heterocycles. The number of benzene rings is 1. The SMILES string of the molecule is O=C(NCC1(CO)CCCC1)c1ccc(O)cc1F. The lowest BCUT2D eigenvalue weighted by molar-refractivity contribution is 0.0877. The zero-order chi connectivity index (χ0) is 13.9. The molecule has 0 unspecified atom stereocenters. The fourth-order valence-electron chi connectivity index (χ4n) is 2.57. The van der Waals surface area contributed by atoms with Crippen LogP contribution in [0, 0.1) is 11.2 Å². The molecule has 104 valence electrons. The Hall–Kier alpha value is -1.62. The van der Waals surface area contributed by atoms with Gasteiger partial charge in [-0.25, -0.2) is 4.39 Å². The summed E-state index contributed by atoms with van der Waals surface area (Å²) < 4.78 is 13.5. The van der Waals surface area contributed by atoms with Crippen molar-refractivity contribution in [1.82, 2.24) is 5.32 Å². The van der Waals surface area contributed by atoms with Crippen LogP contribution in [0.1, 0.15) is 36.0 Å². The molecule has 1 fully saturated rings. The van der Waals surface area contributed by atoms with E-state index in [1.54, 1.807) is 0 Å². The number of hydrogen-bond acceptors (Lipinski definition) is 3. The lowest BCUT2D eigenvalue weighted by atomic mass is 9.87. The van der Waals surface area contributed by atoms with Crippen LogP contribution >= 0.6 is 0 Å². The molecule has 0 aliphatic heterocycles. The van der Waals surface area contributed by atoms with Crippen molar-refractivity contribution in [2.75, 3.05) is 13.2 Å². The molecule has 1 amide bonds. The maximum Gasteiger partial charge on any atom is 0.254 e. The summed E-state index contributed by atoms with van der Waals surface area (Å²) in [4.78, 5) is 11.9. The number of amides is 1. The van der Waals surface area contributed by atoms with Gasteiger partial charge in [0.05, 0.1) is 12.2 Å². The Kier molecular flexibility index (Phi) is 4.04. The van der Waals surface area contributed by atoms with Gasteiger partial charge in [-0.15, -0.1) is 0 Å². The third kappa shape index (κ3) is 3.04. The van der Waals surface area contributed by atoms with Crippen molar-refractivity contribution in [2.45, 2.75) is 25.7 Å². The number of halogens is 1. The average Bonchev–Trinajstić information content (AvgIpc) is 2.85. The van der Waals surface area contributed by atoms with E-state index < -0.39 is 11.7 Å². The first-order valence-electron chi connectivity index (χ1n) is 6.44. The highest BCUT2D eigenvalue weighted by Gasteiger charge is 2.33. The predicted molar refractivity (Wildman–Crippen MR) is 68.4 cm³/mol. The van der Waals surface area contributed by atoms with Gasteiger partial charge < -0.3 is 15.5 Å². The zero-order valence-corrected chi connectivity index (χ0v) is 10.7. The summed E-state index contributed by atoms with van der Waals surface area (Å²) in [6, 6.07) is 3.43. The molecular weight excluding hydrogens is 249 g/mol. The van der Waals surface area contributed by atoms with Crippen molar-refractivity contribution in [3.05, 3.63) is 29.6 Å². The number of hydrogen-bond donors (Lipinski definition) is 3. The van der Waals surface area contributed by atoms with Crippen molar-refractivity contribution < 1.29 is 19.4 Å². The number of aliphatic hydroxyl groups excluding tert-OH is 1. The monoisotopic (exact) mass is 267 g/mol. The quantitative estimate of drug-likeness (QED) is 0.779. The van der Waals surface area contributed by atoms with Crippen LogP contribution in [-0.2, 0) is 0 Å². The smallest absolute Gasteiger partial charge is 0.254 e. The minimum absolute atomic E-state index is 0.0331. The van der Waals surface area contributed by atoms with Gasteiger partial charge in [0.25, 0.3) is 5.91 Å². The first kappa shape index (κ1) is 13.8. The number of aromatic hydroxyl groups is 1. The first-order valence-corrected chi connectivity index (χ1v) is 6.44. The second-order valence-corrected chi connectivity index (χ2v) is 5.21. The highest BCUT2D eigenvalue weighted by molar-refractivity contribution is 5.94.